The number of nitrogens with one attached hydrogen (secondary N) is 3. The number of nitrogen functional groups attached to an aromatic ring is 1. The maximum Gasteiger partial charge on any atom is 0.262 e. The number of carbonyl (C=O) groups excluding carboxylic acids is 3. The van der Waals surface area contributed by atoms with Crippen LogP contribution in [0, 0.1) is 0 Å². The highest BCUT2D eigenvalue weighted by Crippen LogP contribution is 2.29. The van der Waals surface area contributed by atoms with Gasteiger partial charge in [-0.05, 0) is 59.7 Å². The minimum atomic E-state index is -4.28. The van der Waals surface area contributed by atoms with Crippen molar-refractivity contribution in [3.63, 3.8) is 0 Å². The molecule has 9 nitrogen and oxygen atoms in total. The molecule has 0 unspecified atom stereocenters. The largest absolute Gasteiger partial charge is 0.399 e. The third-order valence-corrected chi connectivity index (χ3v) is 7.61. The number of fused-ring (bicyclic) bond motifs is 1. The number of anilines is 3. The van der Waals surface area contributed by atoms with Gasteiger partial charge in [0.25, 0.3) is 10.0 Å². The summed E-state index contributed by atoms with van der Waals surface area (Å²) < 4.78 is 28.9. The molecule has 10 heteroatoms. The zero-order chi connectivity index (χ0) is 28.4. The highest BCUT2D eigenvalue weighted by molar-refractivity contribution is 7.89. The monoisotopic (exact) mass is 552 g/mol. The molecule has 4 aromatic rings. The number of ketones is 2. The van der Waals surface area contributed by atoms with Gasteiger partial charge in [0.05, 0.1) is 4.90 Å². The molecule has 40 heavy (non-hydrogen) atoms. The van der Waals surface area contributed by atoms with Crippen molar-refractivity contribution in [1.82, 2.24) is 4.72 Å². The van der Waals surface area contributed by atoms with Gasteiger partial charge >= 0.3 is 0 Å². The summed E-state index contributed by atoms with van der Waals surface area (Å²) in [5.41, 5.74) is 8.82. The van der Waals surface area contributed by atoms with E-state index in [1.165, 1.54) is 43.3 Å². The lowest BCUT2D eigenvalue weighted by atomic mass is 9.90. The normalized spacial score (nSPS) is 13.0. The van der Waals surface area contributed by atoms with E-state index in [0.717, 1.165) is 11.1 Å². The second kappa shape index (κ2) is 10.5. The predicted octanol–water partition coefficient (Wildman–Crippen LogP) is 4.58. The van der Waals surface area contributed by atoms with Crippen LogP contribution in [0.4, 0.5) is 17.1 Å². The lowest BCUT2D eigenvalue weighted by Gasteiger charge is -2.23. The number of carbonyl (C=O) groups is 3. The Hall–Kier alpha value is -5.22. The van der Waals surface area contributed by atoms with Crippen LogP contribution in [0.2, 0.25) is 0 Å². The van der Waals surface area contributed by atoms with Crippen molar-refractivity contribution in [3.8, 4) is 11.1 Å². The molecule has 1 aliphatic carbocycles. The SMILES string of the molecule is CC(=O)Nc1ccc(S(=O)(=O)NC2=C(Nc3ccc(-c4ccc(N)cc4)cc3)C(=O)c3ccccc3C2=O)cc1. The van der Waals surface area contributed by atoms with Crippen LogP contribution in [0.3, 0.4) is 0 Å². The van der Waals surface area contributed by atoms with Gasteiger partial charge in [0.2, 0.25) is 17.5 Å². The van der Waals surface area contributed by atoms with Gasteiger partial charge in [-0.1, -0.05) is 48.5 Å². The molecular formula is C30H24N4O5S. The van der Waals surface area contributed by atoms with Gasteiger partial charge in [-0.25, -0.2) is 8.42 Å². The van der Waals surface area contributed by atoms with Crippen LogP contribution in [-0.4, -0.2) is 25.9 Å². The van der Waals surface area contributed by atoms with Crippen molar-refractivity contribution >= 4 is 44.6 Å². The van der Waals surface area contributed by atoms with Crippen molar-refractivity contribution < 1.29 is 22.8 Å². The Morgan fingerprint density at radius 2 is 1.18 bits per heavy atom. The van der Waals surface area contributed by atoms with Crippen molar-refractivity contribution in [3.05, 3.63) is 120 Å². The van der Waals surface area contributed by atoms with E-state index < -0.39 is 27.3 Å². The molecule has 1 aliphatic rings. The van der Waals surface area contributed by atoms with Gasteiger partial charge in [-0.3, -0.25) is 19.1 Å². The molecule has 4 aromatic carbocycles. The maximum atomic E-state index is 13.5. The fourth-order valence-electron chi connectivity index (χ4n) is 4.27. The lowest BCUT2D eigenvalue weighted by molar-refractivity contribution is -0.114. The Balaban J connectivity index is 1.50. The summed E-state index contributed by atoms with van der Waals surface area (Å²) in [5.74, 6) is -1.48. The minimum Gasteiger partial charge on any atom is -0.399 e. The summed E-state index contributed by atoms with van der Waals surface area (Å²) in [5, 5.41) is 5.52. The summed E-state index contributed by atoms with van der Waals surface area (Å²) in [6.45, 7) is 1.34. The maximum absolute atomic E-state index is 13.5. The molecular weight excluding hydrogens is 528 g/mol. The quantitative estimate of drug-likeness (QED) is 0.245. The van der Waals surface area contributed by atoms with Crippen molar-refractivity contribution in [2.75, 3.05) is 16.4 Å². The average molecular weight is 553 g/mol. The zero-order valence-electron chi connectivity index (χ0n) is 21.3. The molecule has 5 N–H and O–H groups in total. The Morgan fingerprint density at radius 3 is 1.73 bits per heavy atom. The summed E-state index contributed by atoms with van der Waals surface area (Å²) in [4.78, 5) is 38.1. The van der Waals surface area contributed by atoms with E-state index in [-0.39, 0.29) is 27.6 Å². The number of nitrogens with two attached hydrogens (primary N) is 1. The summed E-state index contributed by atoms with van der Waals surface area (Å²) in [7, 11) is -4.28. The fraction of sp³-hybridized carbons (Fsp3) is 0.0333. The van der Waals surface area contributed by atoms with Crippen molar-refractivity contribution in [2.24, 2.45) is 0 Å². The first kappa shape index (κ1) is 26.4. The fourth-order valence-corrected chi connectivity index (χ4v) is 5.35. The molecule has 5 rings (SSSR count). The lowest BCUT2D eigenvalue weighted by Crippen LogP contribution is -2.36. The second-order valence-electron chi connectivity index (χ2n) is 9.09. The highest BCUT2D eigenvalue weighted by atomic mass is 32.2. The van der Waals surface area contributed by atoms with E-state index in [2.05, 4.69) is 15.4 Å². The molecule has 0 bridgehead atoms. The molecule has 0 fully saturated rings. The molecule has 0 saturated carbocycles. The molecule has 0 heterocycles. The van der Waals surface area contributed by atoms with Gasteiger partial charge in [-0.15, -0.1) is 0 Å². The average Bonchev–Trinajstić information content (AvgIpc) is 2.94. The molecule has 0 spiro atoms. The number of benzene rings is 4. The first-order valence-electron chi connectivity index (χ1n) is 12.2. The van der Waals surface area contributed by atoms with E-state index in [4.69, 9.17) is 5.73 Å². The Kier molecular flexibility index (Phi) is 6.93. The number of hydrogen-bond donors (Lipinski definition) is 4. The number of hydrogen-bond acceptors (Lipinski definition) is 7. The van der Waals surface area contributed by atoms with Crippen molar-refractivity contribution in [2.45, 2.75) is 11.8 Å². The Morgan fingerprint density at radius 1 is 0.675 bits per heavy atom. The van der Waals surface area contributed by atoms with Gasteiger partial charge in [0.15, 0.2) is 0 Å². The Bertz CT molecular complexity index is 1780. The van der Waals surface area contributed by atoms with E-state index in [1.807, 2.05) is 24.3 Å². The third kappa shape index (κ3) is 5.33. The summed E-state index contributed by atoms with van der Waals surface area (Å²) in [6, 6.07) is 26.1. The van der Waals surface area contributed by atoms with Crippen LogP contribution in [0.25, 0.3) is 11.1 Å². The number of sulfonamides is 1. The number of allylic oxidation sites excluding steroid dienone is 2. The summed E-state index contributed by atoms with van der Waals surface area (Å²) >= 11 is 0. The van der Waals surface area contributed by atoms with Gasteiger partial charge < -0.3 is 16.4 Å². The molecule has 0 saturated heterocycles. The smallest absolute Gasteiger partial charge is 0.262 e. The number of rotatable bonds is 7. The first-order chi connectivity index (χ1) is 19.1. The Labute approximate surface area is 230 Å². The van der Waals surface area contributed by atoms with E-state index in [0.29, 0.717) is 17.1 Å². The van der Waals surface area contributed by atoms with Crippen LogP contribution in [0.15, 0.2) is 113 Å². The standard InChI is InChI=1S/C30H24N4O5S/c1-18(35)32-22-14-16-24(17-15-22)40(38,39)34-28-27(29(36)25-4-2-3-5-26(25)30(28)37)33-23-12-8-20(9-13-23)19-6-10-21(31)11-7-19/h2-17,33-34H,31H2,1H3,(H,32,35). The van der Waals surface area contributed by atoms with E-state index in [1.54, 1.807) is 36.4 Å². The molecule has 0 aliphatic heterocycles. The van der Waals surface area contributed by atoms with Crippen molar-refractivity contribution in [1.29, 1.82) is 0 Å². The van der Waals surface area contributed by atoms with Crippen LogP contribution in [0.1, 0.15) is 27.6 Å². The molecule has 200 valence electrons. The van der Waals surface area contributed by atoms with Gasteiger partial charge in [0, 0.05) is 35.1 Å². The zero-order valence-corrected chi connectivity index (χ0v) is 22.1. The van der Waals surface area contributed by atoms with Gasteiger partial charge in [-0.2, -0.15) is 0 Å². The number of Topliss-reactive ketones (excluding diaryl/α,β-unsaturated/α-hetero) is 2. The van der Waals surface area contributed by atoms with Crippen LogP contribution in [-0.2, 0) is 14.8 Å². The first-order valence-corrected chi connectivity index (χ1v) is 13.7. The van der Waals surface area contributed by atoms with E-state index in [9.17, 15) is 22.8 Å². The molecule has 0 atom stereocenters. The molecule has 1 amide bonds. The van der Waals surface area contributed by atoms with Gasteiger partial charge in [0.1, 0.15) is 11.4 Å². The molecule has 0 radical (unpaired) electrons. The predicted molar refractivity (Wildman–Crippen MR) is 153 cm³/mol. The molecule has 0 aromatic heterocycles. The van der Waals surface area contributed by atoms with Crippen LogP contribution < -0.4 is 21.1 Å². The summed E-state index contributed by atoms with van der Waals surface area (Å²) in [6.07, 6.45) is 0. The topological polar surface area (TPSA) is 147 Å². The van der Waals surface area contributed by atoms with Crippen LogP contribution >= 0.6 is 0 Å². The van der Waals surface area contributed by atoms with E-state index >= 15 is 0 Å². The third-order valence-electron chi connectivity index (χ3n) is 6.24. The van der Waals surface area contributed by atoms with Crippen LogP contribution in [0.5, 0.6) is 0 Å². The second-order valence-corrected chi connectivity index (χ2v) is 10.8. The highest BCUT2D eigenvalue weighted by Gasteiger charge is 2.35. The number of amides is 1. The minimum absolute atomic E-state index is 0.0930.